The third-order valence-electron chi connectivity index (χ3n) is 2.97. The van der Waals surface area contributed by atoms with Crippen LogP contribution >= 0.6 is 0 Å². The Morgan fingerprint density at radius 2 is 2.36 bits per heavy atom. The number of hydrogen-bond acceptors (Lipinski definition) is 3. The van der Waals surface area contributed by atoms with Gasteiger partial charge in [0.2, 0.25) is 0 Å². The zero-order chi connectivity index (χ0) is 9.80. The molecule has 3 nitrogen and oxygen atoms in total. The van der Waals surface area contributed by atoms with Gasteiger partial charge in [0.25, 0.3) is 0 Å². The first-order valence-corrected chi connectivity index (χ1v) is 5.34. The topological polar surface area (TPSA) is 35.5 Å². The van der Waals surface area contributed by atoms with E-state index in [0.29, 0.717) is 18.7 Å². The van der Waals surface area contributed by atoms with Crippen LogP contribution in [0.4, 0.5) is 0 Å². The van der Waals surface area contributed by atoms with E-state index >= 15 is 0 Å². The fraction of sp³-hybridized carbons (Fsp3) is 0.636. The molecule has 0 aliphatic carbocycles. The van der Waals surface area contributed by atoms with Crippen molar-refractivity contribution in [2.24, 2.45) is 5.92 Å². The van der Waals surface area contributed by atoms with E-state index in [-0.39, 0.29) is 0 Å². The zero-order valence-corrected chi connectivity index (χ0v) is 8.39. The minimum absolute atomic E-state index is 0.322. The summed E-state index contributed by atoms with van der Waals surface area (Å²) in [7, 11) is 0. The Labute approximate surface area is 85.1 Å². The Kier molecular flexibility index (Phi) is 3.22. The number of nitrogens with zero attached hydrogens (tertiary/aromatic N) is 1. The molecule has 2 heterocycles. The summed E-state index contributed by atoms with van der Waals surface area (Å²) in [5.41, 5.74) is 0. The summed E-state index contributed by atoms with van der Waals surface area (Å²) in [4.78, 5) is 2.39. The molecule has 0 aromatic rings. The van der Waals surface area contributed by atoms with Crippen LogP contribution in [-0.4, -0.2) is 35.9 Å². The molecule has 2 N–H and O–H groups in total. The Balaban J connectivity index is 1.90. The zero-order valence-electron chi connectivity index (χ0n) is 8.39. The van der Waals surface area contributed by atoms with Crippen molar-refractivity contribution >= 4 is 0 Å². The summed E-state index contributed by atoms with van der Waals surface area (Å²) in [6.45, 7) is 2.46. The molecule has 2 aliphatic heterocycles. The molecule has 78 valence electrons. The number of hydrogen-bond donors (Lipinski definition) is 2. The van der Waals surface area contributed by atoms with Crippen LogP contribution in [0.3, 0.4) is 0 Å². The number of rotatable bonds is 2. The molecular formula is C11H18N2O. The second kappa shape index (κ2) is 4.62. The lowest BCUT2D eigenvalue weighted by atomic mass is 9.98. The lowest BCUT2D eigenvalue weighted by molar-refractivity contribution is 0.0956. The standard InChI is InChI=1S/C11H18N2O/c14-9-10-4-3-7-13(8-10)11-5-1-2-6-12-11/h1-2,5-6,10-12,14H,3-4,7-9H2/t10-,11?/m1/s1. The maximum Gasteiger partial charge on any atom is 0.0985 e. The third kappa shape index (κ3) is 2.16. The summed E-state index contributed by atoms with van der Waals surface area (Å²) in [5.74, 6) is 0.463. The van der Waals surface area contributed by atoms with Gasteiger partial charge in [0.05, 0.1) is 6.17 Å². The van der Waals surface area contributed by atoms with Crippen molar-refractivity contribution in [3.63, 3.8) is 0 Å². The van der Waals surface area contributed by atoms with Gasteiger partial charge in [-0.05, 0) is 37.1 Å². The average Bonchev–Trinajstić information content (AvgIpc) is 2.30. The SMILES string of the molecule is OC[C@@H]1CCCN(C2C=CC=CN2)C1. The van der Waals surface area contributed by atoms with E-state index in [1.807, 2.05) is 12.3 Å². The van der Waals surface area contributed by atoms with Gasteiger partial charge in [-0.2, -0.15) is 0 Å². The van der Waals surface area contributed by atoms with Crippen LogP contribution in [0.25, 0.3) is 0 Å². The molecule has 0 aromatic carbocycles. The predicted molar refractivity (Wildman–Crippen MR) is 56.6 cm³/mol. The Morgan fingerprint density at radius 3 is 3.07 bits per heavy atom. The lowest BCUT2D eigenvalue weighted by Crippen LogP contribution is -2.48. The quantitative estimate of drug-likeness (QED) is 0.679. The number of nitrogens with one attached hydrogen (secondary N) is 1. The molecule has 3 heteroatoms. The minimum atomic E-state index is 0.322. The highest BCUT2D eigenvalue weighted by atomic mass is 16.3. The Bertz CT molecular complexity index is 237. The van der Waals surface area contributed by atoms with Gasteiger partial charge in [0, 0.05) is 19.7 Å². The second-order valence-electron chi connectivity index (χ2n) is 4.04. The normalized spacial score (nSPS) is 32.9. The van der Waals surface area contributed by atoms with Crippen molar-refractivity contribution in [2.45, 2.75) is 19.0 Å². The van der Waals surface area contributed by atoms with E-state index < -0.39 is 0 Å². The highest BCUT2D eigenvalue weighted by Crippen LogP contribution is 2.18. The number of aliphatic hydroxyl groups is 1. The number of allylic oxidation sites excluding steroid dienone is 2. The molecule has 14 heavy (non-hydrogen) atoms. The van der Waals surface area contributed by atoms with E-state index in [1.54, 1.807) is 0 Å². The Morgan fingerprint density at radius 1 is 1.43 bits per heavy atom. The highest BCUT2D eigenvalue weighted by Gasteiger charge is 2.23. The molecule has 0 bridgehead atoms. The number of piperidine rings is 1. The summed E-state index contributed by atoms with van der Waals surface area (Å²) in [5, 5.41) is 12.4. The highest BCUT2D eigenvalue weighted by molar-refractivity contribution is 5.11. The molecule has 0 saturated carbocycles. The fourth-order valence-electron chi connectivity index (χ4n) is 2.16. The molecule has 1 unspecified atom stereocenters. The van der Waals surface area contributed by atoms with Gasteiger partial charge in [0.15, 0.2) is 0 Å². The van der Waals surface area contributed by atoms with Crippen LogP contribution in [-0.2, 0) is 0 Å². The first-order valence-electron chi connectivity index (χ1n) is 5.34. The number of likely N-dealkylation sites (tertiary alicyclic amines) is 1. The van der Waals surface area contributed by atoms with E-state index in [0.717, 1.165) is 13.1 Å². The molecule has 0 spiro atoms. The number of dihydropyridines is 1. The molecule has 0 amide bonds. The molecule has 2 atom stereocenters. The molecular weight excluding hydrogens is 176 g/mol. The average molecular weight is 194 g/mol. The molecule has 1 saturated heterocycles. The Hall–Kier alpha value is -0.800. The van der Waals surface area contributed by atoms with E-state index in [1.165, 1.54) is 12.8 Å². The van der Waals surface area contributed by atoms with Gasteiger partial charge in [-0.1, -0.05) is 6.08 Å². The molecule has 0 radical (unpaired) electrons. The number of aliphatic hydroxyl groups excluding tert-OH is 1. The fourth-order valence-corrected chi connectivity index (χ4v) is 2.16. The van der Waals surface area contributed by atoms with Gasteiger partial charge in [-0.25, -0.2) is 0 Å². The summed E-state index contributed by atoms with van der Waals surface area (Å²) < 4.78 is 0. The maximum atomic E-state index is 9.13. The first kappa shape index (κ1) is 9.74. The van der Waals surface area contributed by atoms with Crippen molar-refractivity contribution in [1.82, 2.24) is 10.2 Å². The van der Waals surface area contributed by atoms with Crippen LogP contribution in [0.15, 0.2) is 24.4 Å². The van der Waals surface area contributed by atoms with Crippen LogP contribution in [0.5, 0.6) is 0 Å². The van der Waals surface area contributed by atoms with Crippen LogP contribution < -0.4 is 5.32 Å². The van der Waals surface area contributed by atoms with Gasteiger partial charge in [0.1, 0.15) is 0 Å². The smallest absolute Gasteiger partial charge is 0.0985 e. The van der Waals surface area contributed by atoms with Gasteiger partial charge < -0.3 is 10.4 Å². The van der Waals surface area contributed by atoms with Crippen molar-refractivity contribution in [2.75, 3.05) is 19.7 Å². The molecule has 2 aliphatic rings. The first-order chi connectivity index (χ1) is 6.90. The summed E-state index contributed by atoms with van der Waals surface area (Å²) >= 11 is 0. The van der Waals surface area contributed by atoms with Crippen molar-refractivity contribution in [3.8, 4) is 0 Å². The van der Waals surface area contributed by atoms with E-state index in [9.17, 15) is 0 Å². The largest absolute Gasteiger partial charge is 0.396 e. The minimum Gasteiger partial charge on any atom is -0.396 e. The molecule has 0 aromatic heterocycles. The van der Waals surface area contributed by atoms with Gasteiger partial charge >= 0.3 is 0 Å². The van der Waals surface area contributed by atoms with Crippen LogP contribution in [0, 0.1) is 5.92 Å². The molecule has 1 fully saturated rings. The maximum absolute atomic E-state index is 9.13. The monoisotopic (exact) mass is 194 g/mol. The lowest BCUT2D eigenvalue weighted by Gasteiger charge is -2.37. The predicted octanol–water partition coefficient (Wildman–Crippen LogP) is 0.690. The third-order valence-corrected chi connectivity index (χ3v) is 2.97. The van der Waals surface area contributed by atoms with Crippen molar-refractivity contribution in [3.05, 3.63) is 24.4 Å². The van der Waals surface area contributed by atoms with Crippen LogP contribution in [0.2, 0.25) is 0 Å². The van der Waals surface area contributed by atoms with E-state index in [4.69, 9.17) is 5.11 Å². The second-order valence-corrected chi connectivity index (χ2v) is 4.04. The van der Waals surface area contributed by atoms with E-state index in [2.05, 4.69) is 22.4 Å². The van der Waals surface area contributed by atoms with Crippen molar-refractivity contribution in [1.29, 1.82) is 0 Å². The summed E-state index contributed by atoms with van der Waals surface area (Å²) in [6, 6.07) is 0. The van der Waals surface area contributed by atoms with Gasteiger partial charge in [-0.15, -0.1) is 0 Å². The van der Waals surface area contributed by atoms with Gasteiger partial charge in [-0.3, -0.25) is 4.90 Å². The summed E-state index contributed by atoms with van der Waals surface area (Å²) in [6.07, 6.45) is 10.9. The molecule has 2 rings (SSSR count). The van der Waals surface area contributed by atoms with Crippen molar-refractivity contribution < 1.29 is 5.11 Å². The van der Waals surface area contributed by atoms with Crippen LogP contribution in [0.1, 0.15) is 12.8 Å².